The number of carbonyl (C=O) groups is 1. The van der Waals surface area contributed by atoms with Gasteiger partial charge in [-0.3, -0.25) is 10.1 Å². The van der Waals surface area contributed by atoms with Gasteiger partial charge in [0.1, 0.15) is 6.10 Å². The molecule has 0 radical (unpaired) electrons. The Kier molecular flexibility index (Phi) is 11.5. The standard InChI is InChI=1S/C31H40N4O9S/c1-31(2,14-6-7-15-32)21-34(45(40,41)24-12-8-11-23(18-24)35(38)39)19-27(36)26(17-22-9-4-3-5-10-22)33-30(37)44-28-20-43-29-25(28)13-16-42-29/h3-5,8-12,18,25-29,36H,6-7,13-14,16-17,19-21H2,1-2H3,(H,33,37)/t25?,26-,27?,28?,29?/m0/s1. The van der Waals surface area contributed by atoms with Gasteiger partial charge >= 0.3 is 6.09 Å². The lowest BCUT2D eigenvalue weighted by Crippen LogP contribution is -2.52. The highest BCUT2D eigenvalue weighted by Gasteiger charge is 2.44. The number of nitrogens with zero attached hydrogens (tertiary/aromatic N) is 3. The molecular formula is C31H40N4O9S. The first-order valence-corrected chi connectivity index (χ1v) is 16.4. The minimum absolute atomic E-state index is 0.0501. The fraction of sp³-hybridized carbons (Fsp3) is 0.548. The van der Waals surface area contributed by atoms with Gasteiger partial charge in [0.25, 0.3) is 5.69 Å². The molecule has 2 aliphatic heterocycles. The van der Waals surface area contributed by atoms with Crippen LogP contribution >= 0.6 is 0 Å². The highest BCUT2D eigenvalue weighted by atomic mass is 32.2. The second kappa shape index (κ2) is 15.1. The fourth-order valence-corrected chi connectivity index (χ4v) is 7.40. The molecule has 5 atom stereocenters. The van der Waals surface area contributed by atoms with E-state index in [9.17, 15) is 28.4 Å². The van der Waals surface area contributed by atoms with Crippen LogP contribution in [0, 0.1) is 32.8 Å². The average Bonchev–Trinajstić information content (AvgIpc) is 3.62. The third kappa shape index (κ3) is 9.21. The Morgan fingerprint density at radius 2 is 2.00 bits per heavy atom. The molecule has 2 aromatic rings. The maximum absolute atomic E-state index is 14.0. The van der Waals surface area contributed by atoms with Gasteiger partial charge in [-0.05, 0) is 42.7 Å². The van der Waals surface area contributed by atoms with E-state index in [2.05, 4.69) is 11.4 Å². The van der Waals surface area contributed by atoms with E-state index in [1.165, 1.54) is 18.2 Å². The molecule has 1 amide bonds. The molecule has 4 rings (SSSR count). The molecule has 0 spiro atoms. The number of non-ortho nitro benzene ring substituents is 1. The van der Waals surface area contributed by atoms with Gasteiger partial charge in [-0.25, -0.2) is 13.2 Å². The molecule has 2 aromatic carbocycles. The van der Waals surface area contributed by atoms with Crippen LogP contribution in [0.1, 0.15) is 45.1 Å². The Morgan fingerprint density at radius 1 is 1.24 bits per heavy atom. The Bertz CT molecular complexity index is 1460. The fourth-order valence-electron chi connectivity index (χ4n) is 5.71. The molecule has 45 heavy (non-hydrogen) atoms. The van der Waals surface area contributed by atoms with E-state index in [0.717, 1.165) is 15.9 Å². The Hall–Kier alpha value is -3.61. The minimum atomic E-state index is -4.35. The zero-order valence-electron chi connectivity index (χ0n) is 25.4. The van der Waals surface area contributed by atoms with Crippen LogP contribution in [-0.4, -0.2) is 79.7 Å². The van der Waals surface area contributed by atoms with Gasteiger partial charge in [0.05, 0.1) is 47.2 Å². The first-order valence-electron chi connectivity index (χ1n) is 14.9. The van der Waals surface area contributed by atoms with Crippen LogP contribution in [0.5, 0.6) is 0 Å². The SMILES string of the molecule is CC(C)(CCCC#N)CN(CC(O)[C@H](Cc1ccccc1)NC(=O)OC1COC2OCCC12)S(=O)(=O)c1cccc([N+](=O)[O-])c1. The number of nitrogens with one attached hydrogen (secondary N) is 1. The maximum atomic E-state index is 14.0. The van der Waals surface area contributed by atoms with Gasteiger partial charge in [0, 0.05) is 31.6 Å². The van der Waals surface area contributed by atoms with Crippen molar-refractivity contribution in [1.82, 2.24) is 9.62 Å². The van der Waals surface area contributed by atoms with Crippen LogP contribution in [0.25, 0.3) is 0 Å². The lowest BCUT2D eigenvalue weighted by molar-refractivity contribution is -0.385. The molecule has 0 aliphatic carbocycles. The number of amides is 1. The van der Waals surface area contributed by atoms with Crippen molar-refractivity contribution in [2.75, 3.05) is 26.3 Å². The van der Waals surface area contributed by atoms with Crippen molar-refractivity contribution in [2.45, 2.75) is 75.4 Å². The number of rotatable bonds is 15. The van der Waals surface area contributed by atoms with Gasteiger partial charge in [-0.15, -0.1) is 0 Å². The first kappa shape index (κ1) is 34.3. The molecule has 244 valence electrons. The summed E-state index contributed by atoms with van der Waals surface area (Å²) in [5, 5.41) is 34.8. The van der Waals surface area contributed by atoms with Crippen molar-refractivity contribution in [1.29, 1.82) is 5.26 Å². The number of fused-ring (bicyclic) bond motifs is 1. The number of alkyl carbamates (subject to hydrolysis) is 1. The molecule has 13 nitrogen and oxygen atoms in total. The largest absolute Gasteiger partial charge is 0.443 e. The minimum Gasteiger partial charge on any atom is -0.443 e. The van der Waals surface area contributed by atoms with Crippen molar-refractivity contribution in [3.63, 3.8) is 0 Å². The molecule has 2 N–H and O–H groups in total. The number of ether oxygens (including phenoxy) is 3. The van der Waals surface area contributed by atoms with Gasteiger partial charge in [-0.1, -0.05) is 50.2 Å². The van der Waals surface area contributed by atoms with Crippen molar-refractivity contribution in [3.8, 4) is 6.07 Å². The number of hydrogen-bond acceptors (Lipinski definition) is 10. The van der Waals surface area contributed by atoms with E-state index in [-0.39, 0.29) is 36.1 Å². The van der Waals surface area contributed by atoms with Crippen LogP contribution in [-0.2, 0) is 30.7 Å². The number of nitro groups is 1. The summed E-state index contributed by atoms with van der Waals surface area (Å²) in [6.45, 7) is 3.93. The number of unbranched alkanes of at least 4 members (excludes halogenated alkanes) is 1. The van der Waals surface area contributed by atoms with Crippen LogP contribution in [0.4, 0.5) is 10.5 Å². The van der Waals surface area contributed by atoms with Crippen LogP contribution < -0.4 is 5.32 Å². The number of aliphatic hydroxyl groups excluding tert-OH is 1. The Morgan fingerprint density at radius 3 is 2.71 bits per heavy atom. The molecular weight excluding hydrogens is 604 g/mol. The van der Waals surface area contributed by atoms with E-state index < -0.39 is 57.5 Å². The van der Waals surface area contributed by atoms with Crippen molar-refractivity contribution < 1.29 is 37.5 Å². The summed E-state index contributed by atoms with van der Waals surface area (Å²) >= 11 is 0. The molecule has 14 heteroatoms. The predicted octanol–water partition coefficient (Wildman–Crippen LogP) is 3.77. The van der Waals surface area contributed by atoms with Crippen LogP contribution in [0.2, 0.25) is 0 Å². The normalized spacial score (nSPS) is 21.1. The number of sulfonamides is 1. The molecule has 0 bridgehead atoms. The first-order chi connectivity index (χ1) is 21.4. The zero-order chi connectivity index (χ0) is 32.6. The molecule has 0 aromatic heterocycles. The van der Waals surface area contributed by atoms with Crippen molar-refractivity contribution >= 4 is 21.8 Å². The second-order valence-electron chi connectivity index (χ2n) is 12.2. The number of nitro benzene ring substituents is 1. The van der Waals surface area contributed by atoms with E-state index >= 15 is 0 Å². The van der Waals surface area contributed by atoms with Crippen LogP contribution in [0.3, 0.4) is 0 Å². The third-order valence-corrected chi connectivity index (χ3v) is 9.92. The summed E-state index contributed by atoms with van der Waals surface area (Å²) < 4.78 is 45.8. The lowest BCUT2D eigenvalue weighted by Gasteiger charge is -2.35. The smallest absolute Gasteiger partial charge is 0.407 e. The molecule has 2 heterocycles. The highest BCUT2D eigenvalue weighted by Crippen LogP contribution is 2.33. The second-order valence-corrected chi connectivity index (χ2v) is 14.1. The summed E-state index contributed by atoms with van der Waals surface area (Å²) in [6, 6.07) is 15.0. The topological polar surface area (TPSA) is 181 Å². The van der Waals surface area contributed by atoms with Gasteiger partial charge in [0.15, 0.2) is 6.29 Å². The van der Waals surface area contributed by atoms with Gasteiger partial charge in [-0.2, -0.15) is 9.57 Å². The third-order valence-electron chi connectivity index (χ3n) is 8.11. The molecule has 4 unspecified atom stereocenters. The van der Waals surface area contributed by atoms with Gasteiger partial charge < -0.3 is 24.6 Å². The molecule has 2 fully saturated rings. The monoisotopic (exact) mass is 644 g/mol. The van der Waals surface area contributed by atoms with E-state index in [0.29, 0.717) is 32.3 Å². The quantitative estimate of drug-likeness (QED) is 0.165. The molecule has 0 saturated carbocycles. The summed E-state index contributed by atoms with van der Waals surface area (Å²) in [5.41, 5.74) is -0.212. The maximum Gasteiger partial charge on any atom is 0.407 e. The summed E-state index contributed by atoms with van der Waals surface area (Å²) in [7, 11) is -4.35. The summed E-state index contributed by atoms with van der Waals surface area (Å²) in [6.07, 6.45) is -0.899. The number of carbonyl (C=O) groups excluding carboxylic acids is 1. The summed E-state index contributed by atoms with van der Waals surface area (Å²) in [4.78, 5) is 23.6. The number of hydrogen-bond donors (Lipinski definition) is 2. The van der Waals surface area contributed by atoms with Crippen molar-refractivity contribution in [3.05, 3.63) is 70.3 Å². The zero-order valence-corrected chi connectivity index (χ0v) is 26.2. The molecule has 2 saturated heterocycles. The Balaban J connectivity index is 1.59. The van der Waals surface area contributed by atoms with E-state index in [1.807, 2.05) is 44.2 Å². The predicted molar refractivity (Wildman–Crippen MR) is 162 cm³/mol. The number of aliphatic hydroxyl groups is 1. The number of benzene rings is 2. The van der Waals surface area contributed by atoms with Gasteiger partial charge in [0.2, 0.25) is 10.0 Å². The molecule has 2 aliphatic rings. The summed E-state index contributed by atoms with van der Waals surface area (Å²) in [5.74, 6) is -0.0907. The number of nitriles is 1. The van der Waals surface area contributed by atoms with Crippen LogP contribution in [0.15, 0.2) is 59.5 Å². The van der Waals surface area contributed by atoms with Crippen molar-refractivity contribution in [2.24, 2.45) is 11.3 Å². The lowest BCUT2D eigenvalue weighted by atomic mass is 9.87. The Labute approximate surface area is 263 Å². The van der Waals surface area contributed by atoms with E-state index in [1.54, 1.807) is 0 Å². The highest BCUT2D eigenvalue weighted by molar-refractivity contribution is 7.89. The van der Waals surface area contributed by atoms with E-state index in [4.69, 9.17) is 19.5 Å². The average molecular weight is 645 g/mol.